The lowest BCUT2D eigenvalue weighted by Crippen LogP contribution is -2.17. The Morgan fingerprint density at radius 3 is 2.97 bits per heavy atom. The molecule has 156 valence electrons. The van der Waals surface area contributed by atoms with Crippen molar-refractivity contribution in [1.29, 1.82) is 0 Å². The number of nitrogens with two attached hydrogens (primary N) is 1. The van der Waals surface area contributed by atoms with Crippen LogP contribution in [0.4, 0.5) is 11.5 Å². The van der Waals surface area contributed by atoms with Gasteiger partial charge < -0.3 is 16.4 Å². The molecule has 0 spiro atoms. The smallest absolute Gasteiger partial charge is 0.158 e. The van der Waals surface area contributed by atoms with Crippen LogP contribution in [-0.4, -0.2) is 46.3 Å². The fraction of sp³-hybridized carbons (Fsp3) is 0.300. The molecule has 0 saturated heterocycles. The lowest BCUT2D eigenvalue weighted by Gasteiger charge is -2.10. The number of rotatable bonds is 10. The first-order valence-corrected chi connectivity index (χ1v) is 9.63. The highest BCUT2D eigenvalue weighted by molar-refractivity contribution is 5.98. The summed E-state index contributed by atoms with van der Waals surface area (Å²) in [6.45, 7) is 9.44. The average Bonchev–Trinajstić information content (AvgIpc) is 3.15. The topological polar surface area (TPSA) is 130 Å². The molecule has 0 aliphatic carbocycles. The van der Waals surface area contributed by atoms with Crippen LogP contribution in [0.15, 0.2) is 63.3 Å². The van der Waals surface area contributed by atoms with Crippen molar-refractivity contribution in [2.45, 2.75) is 26.4 Å². The minimum absolute atomic E-state index is 0.0634. The Balaban J connectivity index is 1.82. The lowest BCUT2D eigenvalue weighted by atomic mass is 10.2. The number of hydrogen-bond donors (Lipinski definition) is 3. The van der Waals surface area contributed by atoms with E-state index >= 15 is 0 Å². The van der Waals surface area contributed by atoms with Gasteiger partial charge in [0.15, 0.2) is 11.7 Å². The molecule has 10 nitrogen and oxygen atoms in total. The molecule has 0 aliphatic rings. The van der Waals surface area contributed by atoms with Gasteiger partial charge in [-0.15, -0.1) is 5.10 Å². The molecule has 10 heteroatoms. The van der Waals surface area contributed by atoms with E-state index < -0.39 is 0 Å². The van der Waals surface area contributed by atoms with Crippen molar-refractivity contribution in [3.05, 3.63) is 54.0 Å². The van der Waals surface area contributed by atoms with Crippen molar-refractivity contribution in [3.8, 4) is 0 Å². The van der Waals surface area contributed by atoms with Crippen LogP contribution in [0.1, 0.15) is 25.0 Å². The van der Waals surface area contributed by atoms with Gasteiger partial charge in [0.25, 0.3) is 0 Å². The summed E-state index contributed by atoms with van der Waals surface area (Å²) in [6, 6.07) is 9.66. The third-order valence-electron chi connectivity index (χ3n) is 4.16. The van der Waals surface area contributed by atoms with E-state index in [9.17, 15) is 0 Å². The first kappa shape index (κ1) is 21.1. The summed E-state index contributed by atoms with van der Waals surface area (Å²) in [5.41, 5.74) is 9.57. The molecule has 0 aliphatic heterocycles. The second-order valence-corrected chi connectivity index (χ2v) is 6.86. The minimum atomic E-state index is 0.0634. The predicted octanol–water partition coefficient (Wildman–Crippen LogP) is 2.74. The van der Waals surface area contributed by atoms with Crippen LogP contribution in [-0.2, 0) is 6.54 Å². The van der Waals surface area contributed by atoms with Gasteiger partial charge in [-0.2, -0.15) is 10.2 Å². The molecule has 0 amide bonds. The highest BCUT2D eigenvalue weighted by Crippen LogP contribution is 2.23. The number of hydrogen-bond acceptors (Lipinski definition) is 7. The lowest BCUT2D eigenvalue weighted by molar-refractivity contribution is 0.699. The van der Waals surface area contributed by atoms with Crippen molar-refractivity contribution in [2.75, 3.05) is 18.4 Å². The zero-order valence-corrected chi connectivity index (χ0v) is 17.2. The molecule has 3 rings (SSSR count). The Kier molecular flexibility index (Phi) is 7.17. The molecule has 2 heterocycles. The third-order valence-corrected chi connectivity index (χ3v) is 4.16. The molecule has 1 aromatic carbocycles. The van der Waals surface area contributed by atoms with E-state index in [2.05, 4.69) is 47.9 Å². The summed E-state index contributed by atoms with van der Waals surface area (Å²) in [6.07, 6.45) is 3.42. The Morgan fingerprint density at radius 2 is 2.17 bits per heavy atom. The number of fused-ring (bicyclic) bond motifs is 1. The molecular formula is C20H26N10. The molecule has 3 aromatic rings. The Labute approximate surface area is 175 Å². The van der Waals surface area contributed by atoms with E-state index in [1.807, 2.05) is 50.4 Å². The van der Waals surface area contributed by atoms with E-state index in [1.165, 1.54) is 6.33 Å². The second-order valence-electron chi connectivity index (χ2n) is 6.86. The van der Waals surface area contributed by atoms with Crippen LogP contribution in [0.25, 0.3) is 5.52 Å². The average molecular weight is 406 g/mol. The van der Waals surface area contributed by atoms with Gasteiger partial charge in [0.2, 0.25) is 0 Å². The van der Waals surface area contributed by atoms with Gasteiger partial charge in [0.05, 0.1) is 12.6 Å². The summed E-state index contributed by atoms with van der Waals surface area (Å²) in [4.78, 5) is 8.28. The summed E-state index contributed by atoms with van der Waals surface area (Å²) in [7, 11) is 0. The monoisotopic (exact) mass is 406 g/mol. The molecular weight excluding hydrogens is 380 g/mol. The van der Waals surface area contributed by atoms with Crippen molar-refractivity contribution >= 4 is 29.6 Å². The van der Waals surface area contributed by atoms with Gasteiger partial charge in [-0.3, -0.25) is 4.99 Å². The van der Waals surface area contributed by atoms with Gasteiger partial charge in [0, 0.05) is 30.5 Å². The molecule has 0 fully saturated rings. The number of aliphatic imine (C=N–C) groups is 1. The maximum absolute atomic E-state index is 6.04. The van der Waals surface area contributed by atoms with Crippen molar-refractivity contribution in [3.63, 3.8) is 0 Å². The number of benzene rings is 1. The van der Waals surface area contributed by atoms with Gasteiger partial charge >= 0.3 is 0 Å². The Bertz CT molecular complexity index is 1050. The number of anilines is 2. The normalized spacial score (nSPS) is 12.2. The van der Waals surface area contributed by atoms with E-state index in [0.717, 1.165) is 28.9 Å². The SMILES string of the molecule is C=NCCNCc1ccn2ncnc(Nc3cccc(C(N)=NN=NC(C)C)c3)c12. The largest absolute Gasteiger partial charge is 0.382 e. The fourth-order valence-corrected chi connectivity index (χ4v) is 2.76. The number of nitrogens with zero attached hydrogens (tertiary/aromatic N) is 7. The van der Waals surface area contributed by atoms with E-state index in [-0.39, 0.29) is 6.04 Å². The first-order chi connectivity index (χ1) is 14.6. The fourth-order valence-electron chi connectivity index (χ4n) is 2.76. The van der Waals surface area contributed by atoms with Crippen molar-refractivity contribution < 1.29 is 0 Å². The van der Waals surface area contributed by atoms with Gasteiger partial charge in [-0.1, -0.05) is 12.1 Å². The highest BCUT2D eigenvalue weighted by Gasteiger charge is 2.11. The maximum Gasteiger partial charge on any atom is 0.158 e. The van der Waals surface area contributed by atoms with Gasteiger partial charge in [-0.25, -0.2) is 9.50 Å². The summed E-state index contributed by atoms with van der Waals surface area (Å²) >= 11 is 0. The predicted molar refractivity (Wildman–Crippen MR) is 120 cm³/mol. The molecule has 0 unspecified atom stereocenters. The standard InChI is InChI=1S/C20H26N10/c1-14(2)27-29-28-19(21)15-5-4-6-17(11-15)26-20-18-16(12-23-9-8-22-3)7-10-30(18)25-13-24-20/h4-7,10-11,13-14,23H,3,8-9,12H2,1-2H3,(H2,21,27,28)(H,24,25,26). The highest BCUT2D eigenvalue weighted by atomic mass is 15.4. The number of nitrogens with one attached hydrogen (secondary N) is 2. The summed E-state index contributed by atoms with van der Waals surface area (Å²) in [5.74, 6) is 0.986. The van der Waals surface area contributed by atoms with E-state index in [1.54, 1.807) is 4.52 Å². The van der Waals surface area contributed by atoms with Gasteiger partial charge in [-0.05, 0) is 49.6 Å². The number of aromatic nitrogens is 3. The second kappa shape index (κ2) is 10.2. The molecule has 0 bridgehead atoms. The van der Waals surface area contributed by atoms with Crippen molar-refractivity contribution in [1.82, 2.24) is 19.9 Å². The Morgan fingerprint density at radius 1 is 1.30 bits per heavy atom. The van der Waals surface area contributed by atoms with Crippen LogP contribution in [0, 0.1) is 0 Å². The first-order valence-electron chi connectivity index (χ1n) is 9.63. The summed E-state index contributed by atoms with van der Waals surface area (Å²) < 4.78 is 1.80. The van der Waals surface area contributed by atoms with Gasteiger partial charge in [0.1, 0.15) is 11.8 Å². The molecule has 0 radical (unpaired) electrons. The van der Waals surface area contributed by atoms with Crippen LogP contribution < -0.4 is 16.4 Å². The third kappa shape index (κ3) is 5.45. The minimum Gasteiger partial charge on any atom is -0.382 e. The molecule has 4 N–H and O–H groups in total. The van der Waals surface area contributed by atoms with E-state index in [0.29, 0.717) is 24.7 Å². The van der Waals surface area contributed by atoms with Crippen LogP contribution in [0.2, 0.25) is 0 Å². The quantitative estimate of drug-likeness (QED) is 0.157. The number of amidine groups is 1. The maximum atomic E-state index is 6.04. The van der Waals surface area contributed by atoms with Crippen LogP contribution >= 0.6 is 0 Å². The molecule has 30 heavy (non-hydrogen) atoms. The molecule has 0 saturated carbocycles. The van der Waals surface area contributed by atoms with Crippen LogP contribution in [0.3, 0.4) is 0 Å². The van der Waals surface area contributed by atoms with E-state index in [4.69, 9.17) is 5.73 Å². The zero-order chi connectivity index (χ0) is 21.3. The zero-order valence-electron chi connectivity index (χ0n) is 17.2. The summed E-state index contributed by atoms with van der Waals surface area (Å²) in [5, 5.41) is 22.7. The molecule has 0 atom stereocenters. The van der Waals surface area contributed by atoms with Crippen molar-refractivity contribution in [2.24, 2.45) is 26.2 Å². The van der Waals surface area contributed by atoms with Crippen LogP contribution in [0.5, 0.6) is 0 Å². The Hall–Kier alpha value is -3.66. The molecule has 2 aromatic heterocycles.